The summed E-state index contributed by atoms with van der Waals surface area (Å²) in [5.41, 5.74) is 6.09. The van der Waals surface area contributed by atoms with Crippen molar-refractivity contribution in [2.75, 3.05) is 0 Å². The maximum absolute atomic E-state index is 14.4. The van der Waals surface area contributed by atoms with Crippen molar-refractivity contribution in [3.63, 3.8) is 0 Å². The van der Waals surface area contributed by atoms with Crippen molar-refractivity contribution in [1.29, 1.82) is 0 Å². The van der Waals surface area contributed by atoms with Crippen molar-refractivity contribution in [2.24, 2.45) is 16.6 Å². The van der Waals surface area contributed by atoms with E-state index in [1.807, 2.05) is 6.92 Å². The van der Waals surface area contributed by atoms with Crippen LogP contribution < -0.4 is 5.73 Å². The molecule has 4 rings (SSSR count). The number of fused-ring (bicyclic) bond motifs is 1. The summed E-state index contributed by atoms with van der Waals surface area (Å²) < 4.78 is 19.8. The number of Topliss-reactive ketones (excluding diaryl/α,β-unsaturated/α-hetero) is 1. The number of pyridine rings is 2. The number of nitrogens with zero attached hydrogens (tertiary/aromatic N) is 3. The number of amidine groups is 1. The Balaban J connectivity index is 1.64. The van der Waals surface area contributed by atoms with Crippen LogP contribution in [-0.4, -0.2) is 27.9 Å². The molecule has 0 unspecified atom stereocenters. The highest BCUT2D eigenvalue weighted by Gasteiger charge is 2.57. The maximum Gasteiger partial charge on any atom is 0.283 e. The van der Waals surface area contributed by atoms with Crippen LogP contribution in [0.5, 0.6) is 0 Å². The first-order chi connectivity index (χ1) is 12.4. The topological polar surface area (TPSA) is 90.5 Å². The van der Waals surface area contributed by atoms with Gasteiger partial charge in [0.05, 0.1) is 10.6 Å². The minimum atomic E-state index is -0.846. The number of ether oxygens (including phenoxy) is 1. The van der Waals surface area contributed by atoms with Gasteiger partial charge in [0.25, 0.3) is 6.02 Å². The third-order valence-corrected chi connectivity index (χ3v) is 5.11. The van der Waals surface area contributed by atoms with Crippen LogP contribution in [0, 0.1) is 11.9 Å². The van der Waals surface area contributed by atoms with E-state index in [2.05, 4.69) is 15.0 Å². The predicted octanol–water partition coefficient (Wildman–Crippen LogP) is 2.64. The number of halogens is 2. The molecule has 0 saturated heterocycles. The van der Waals surface area contributed by atoms with E-state index >= 15 is 0 Å². The molecular formula is C18H16ClFN4O2. The number of hydrogen-bond donors (Lipinski definition) is 1. The van der Waals surface area contributed by atoms with Crippen molar-refractivity contribution in [1.82, 2.24) is 9.97 Å². The van der Waals surface area contributed by atoms with Gasteiger partial charge in [-0.1, -0.05) is 11.6 Å². The van der Waals surface area contributed by atoms with Crippen LogP contribution in [0.15, 0.2) is 35.6 Å². The van der Waals surface area contributed by atoms with Gasteiger partial charge in [-0.3, -0.25) is 9.78 Å². The maximum atomic E-state index is 14.4. The Morgan fingerprint density at radius 3 is 2.96 bits per heavy atom. The zero-order valence-electron chi connectivity index (χ0n) is 13.9. The molecule has 6 nitrogen and oxygen atoms in total. The molecule has 3 heterocycles. The molecule has 0 bridgehead atoms. The van der Waals surface area contributed by atoms with Gasteiger partial charge in [0.2, 0.25) is 5.95 Å². The SMILES string of the molecule is C[C@]1(c2cc(CC(=O)c3ccc(Cl)cn3)cnc2F)N=C(N)O[C@@H]2C[C@@H]21. The van der Waals surface area contributed by atoms with Crippen LogP contribution >= 0.6 is 11.6 Å². The molecule has 1 aliphatic carbocycles. The number of hydrogen-bond acceptors (Lipinski definition) is 6. The zero-order chi connectivity index (χ0) is 18.5. The molecule has 3 atom stereocenters. The first-order valence-corrected chi connectivity index (χ1v) is 8.56. The Bertz CT molecular complexity index is 918. The van der Waals surface area contributed by atoms with Crippen LogP contribution in [0.3, 0.4) is 0 Å². The molecule has 0 amide bonds. The van der Waals surface area contributed by atoms with E-state index in [-0.39, 0.29) is 30.2 Å². The van der Waals surface area contributed by atoms with E-state index < -0.39 is 11.5 Å². The van der Waals surface area contributed by atoms with E-state index in [1.165, 1.54) is 12.4 Å². The minimum absolute atomic E-state index is 0.0412. The molecule has 8 heteroatoms. The number of aliphatic imine (C=N–C) groups is 1. The number of carbonyl (C=O) groups excluding carboxylic acids is 1. The second kappa shape index (κ2) is 6.02. The number of rotatable bonds is 4. The van der Waals surface area contributed by atoms with Crippen molar-refractivity contribution >= 4 is 23.4 Å². The number of ketones is 1. The fourth-order valence-electron chi connectivity index (χ4n) is 3.41. The second-order valence-corrected chi connectivity index (χ2v) is 7.18. The largest absolute Gasteiger partial charge is 0.462 e. The Morgan fingerprint density at radius 1 is 1.42 bits per heavy atom. The van der Waals surface area contributed by atoms with Gasteiger partial charge >= 0.3 is 0 Å². The lowest BCUT2D eigenvalue weighted by Gasteiger charge is -2.30. The molecule has 0 aromatic carbocycles. The fourth-order valence-corrected chi connectivity index (χ4v) is 3.52. The summed E-state index contributed by atoms with van der Waals surface area (Å²) in [6.07, 6.45) is 3.54. The molecule has 2 aliphatic rings. The minimum Gasteiger partial charge on any atom is -0.462 e. The summed E-state index contributed by atoms with van der Waals surface area (Å²) in [5.74, 6) is -0.766. The molecule has 0 radical (unpaired) electrons. The Morgan fingerprint density at radius 2 is 2.23 bits per heavy atom. The number of nitrogens with two attached hydrogens (primary N) is 1. The summed E-state index contributed by atoms with van der Waals surface area (Å²) in [5, 5.41) is 0.453. The highest BCUT2D eigenvalue weighted by molar-refractivity contribution is 6.30. The van der Waals surface area contributed by atoms with Gasteiger partial charge in [0.15, 0.2) is 5.78 Å². The molecule has 1 aliphatic heterocycles. The molecule has 2 aromatic heterocycles. The predicted molar refractivity (Wildman–Crippen MR) is 93.4 cm³/mol. The van der Waals surface area contributed by atoms with Crippen LogP contribution in [0.1, 0.15) is 35.0 Å². The molecule has 1 saturated carbocycles. The van der Waals surface area contributed by atoms with Crippen LogP contribution in [-0.2, 0) is 16.7 Å². The molecule has 0 spiro atoms. The van der Waals surface area contributed by atoms with Crippen LogP contribution in [0.4, 0.5) is 4.39 Å². The van der Waals surface area contributed by atoms with Gasteiger partial charge in [-0.25, -0.2) is 9.98 Å². The lowest BCUT2D eigenvalue weighted by Crippen LogP contribution is -2.36. The highest BCUT2D eigenvalue weighted by Crippen LogP contribution is 2.52. The normalized spacial score (nSPS) is 26.5. The monoisotopic (exact) mass is 374 g/mol. The van der Waals surface area contributed by atoms with Gasteiger partial charge < -0.3 is 10.5 Å². The molecule has 1 fully saturated rings. The average molecular weight is 375 g/mol. The Hall–Kier alpha value is -2.54. The van der Waals surface area contributed by atoms with Crippen molar-refractivity contribution in [3.05, 3.63) is 58.4 Å². The summed E-state index contributed by atoms with van der Waals surface area (Å²) in [7, 11) is 0. The summed E-state index contributed by atoms with van der Waals surface area (Å²) in [6.45, 7) is 1.82. The first kappa shape index (κ1) is 16.9. The summed E-state index contributed by atoms with van der Waals surface area (Å²) >= 11 is 5.79. The molecule has 134 valence electrons. The molecule has 2 N–H and O–H groups in total. The highest BCUT2D eigenvalue weighted by atomic mass is 35.5. The zero-order valence-corrected chi connectivity index (χ0v) is 14.7. The number of carbonyl (C=O) groups is 1. The van der Waals surface area contributed by atoms with Gasteiger partial charge in [-0.15, -0.1) is 0 Å². The van der Waals surface area contributed by atoms with Crippen molar-refractivity contribution in [2.45, 2.75) is 31.4 Å². The summed E-state index contributed by atoms with van der Waals surface area (Å²) in [4.78, 5) is 24.6. The second-order valence-electron chi connectivity index (χ2n) is 6.74. The standard InChI is InChI=1S/C18H16ClFN4O2/c1-18(11-6-15(11)26-17(21)24-18)12-4-9(7-23-16(12)20)5-14(25)13-3-2-10(19)8-22-13/h2-4,7-8,11,15H,5-6H2,1H3,(H2,21,24)/t11-,15+,18-/m0/s1. The van der Waals surface area contributed by atoms with E-state index in [0.29, 0.717) is 21.8 Å². The third-order valence-electron chi connectivity index (χ3n) is 4.89. The van der Waals surface area contributed by atoms with Crippen molar-refractivity contribution < 1.29 is 13.9 Å². The van der Waals surface area contributed by atoms with E-state index in [0.717, 1.165) is 6.42 Å². The average Bonchev–Trinajstić information content (AvgIpc) is 3.37. The Labute approximate surface area is 154 Å². The quantitative estimate of drug-likeness (QED) is 0.656. The lowest BCUT2D eigenvalue weighted by molar-refractivity contribution is 0.0988. The van der Waals surface area contributed by atoms with Gasteiger partial charge in [-0.05, 0) is 37.1 Å². The van der Waals surface area contributed by atoms with E-state index in [1.54, 1.807) is 18.2 Å². The molecule has 2 aromatic rings. The summed E-state index contributed by atoms with van der Waals surface area (Å²) in [6, 6.07) is 4.84. The molecule has 26 heavy (non-hydrogen) atoms. The lowest BCUT2D eigenvalue weighted by atomic mass is 9.86. The Kier molecular flexibility index (Phi) is 3.91. The smallest absolute Gasteiger partial charge is 0.283 e. The van der Waals surface area contributed by atoms with E-state index in [4.69, 9.17) is 22.1 Å². The molecular weight excluding hydrogens is 359 g/mol. The van der Waals surface area contributed by atoms with E-state index in [9.17, 15) is 9.18 Å². The third kappa shape index (κ3) is 2.92. The van der Waals surface area contributed by atoms with Crippen molar-refractivity contribution in [3.8, 4) is 0 Å². The number of aromatic nitrogens is 2. The van der Waals surface area contributed by atoms with Gasteiger partial charge in [0, 0.05) is 30.3 Å². The first-order valence-electron chi connectivity index (χ1n) is 8.18. The van der Waals surface area contributed by atoms with Crippen LogP contribution in [0.2, 0.25) is 5.02 Å². The van der Waals surface area contributed by atoms with Gasteiger partial charge in [0.1, 0.15) is 11.8 Å². The van der Waals surface area contributed by atoms with Gasteiger partial charge in [-0.2, -0.15) is 4.39 Å². The van der Waals surface area contributed by atoms with Crippen LogP contribution in [0.25, 0.3) is 0 Å². The fraction of sp³-hybridized carbons (Fsp3) is 0.333.